The van der Waals surface area contributed by atoms with Crippen LogP contribution in [-0.4, -0.2) is 26.9 Å². The Balaban J connectivity index is 2.40. The third-order valence-corrected chi connectivity index (χ3v) is 3.31. The highest BCUT2D eigenvalue weighted by molar-refractivity contribution is 6.30. The molecule has 0 saturated carbocycles. The number of phenolic OH excluding ortho intramolecular Hbond substituents is 3. The number of ketones is 2. The van der Waals surface area contributed by atoms with Gasteiger partial charge in [0.25, 0.3) is 0 Å². The molecule has 0 bridgehead atoms. The Morgan fingerprint density at radius 1 is 0.750 bits per heavy atom. The highest BCUT2D eigenvalue weighted by Crippen LogP contribution is 2.38. The Bertz CT molecular complexity index is 722. The third-order valence-electron chi connectivity index (χ3n) is 3.31. The molecule has 0 saturated heterocycles. The summed E-state index contributed by atoms with van der Waals surface area (Å²) >= 11 is 0. The van der Waals surface area contributed by atoms with Gasteiger partial charge in [0.15, 0.2) is 11.6 Å². The van der Waals surface area contributed by atoms with Crippen molar-refractivity contribution in [1.82, 2.24) is 0 Å². The number of carbonyl (C=O) groups is 2. The minimum atomic E-state index is -0.599. The van der Waals surface area contributed by atoms with Crippen LogP contribution in [0.2, 0.25) is 0 Å². The van der Waals surface area contributed by atoms with Crippen LogP contribution in [0.5, 0.6) is 17.2 Å². The van der Waals surface area contributed by atoms with Gasteiger partial charge in [0.2, 0.25) is 0 Å². The average Bonchev–Trinajstić information content (AvgIpc) is 2.34. The van der Waals surface area contributed by atoms with E-state index in [1.807, 2.05) is 0 Å². The lowest BCUT2D eigenvalue weighted by atomic mass is 9.82. The minimum absolute atomic E-state index is 0.0565. The molecule has 1 aliphatic carbocycles. The molecular weight excluding hydrogens is 260 g/mol. The molecule has 100 valence electrons. The second-order valence-electron chi connectivity index (χ2n) is 4.75. The zero-order valence-corrected chi connectivity index (χ0v) is 10.5. The Hall–Kier alpha value is -2.82. The summed E-state index contributed by atoms with van der Waals surface area (Å²) in [6.07, 6.45) is 0. The van der Waals surface area contributed by atoms with Crippen molar-refractivity contribution in [2.45, 2.75) is 6.92 Å². The van der Waals surface area contributed by atoms with Gasteiger partial charge in [-0.1, -0.05) is 0 Å². The van der Waals surface area contributed by atoms with Crippen LogP contribution < -0.4 is 0 Å². The molecule has 2 aromatic carbocycles. The van der Waals surface area contributed by atoms with Gasteiger partial charge in [-0.2, -0.15) is 0 Å². The fourth-order valence-electron chi connectivity index (χ4n) is 2.48. The summed E-state index contributed by atoms with van der Waals surface area (Å²) in [5, 5.41) is 29.1. The first-order valence-corrected chi connectivity index (χ1v) is 5.89. The predicted octanol–water partition coefficient (Wildman–Crippen LogP) is 1.89. The largest absolute Gasteiger partial charge is 0.508 e. The summed E-state index contributed by atoms with van der Waals surface area (Å²) < 4.78 is 0. The zero-order chi connectivity index (χ0) is 14.6. The first-order valence-electron chi connectivity index (χ1n) is 5.89. The zero-order valence-electron chi connectivity index (χ0n) is 10.5. The van der Waals surface area contributed by atoms with E-state index in [-0.39, 0.29) is 33.8 Å². The molecule has 1 aliphatic rings. The lowest BCUT2D eigenvalue weighted by Gasteiger charge is -2.19. The van der Waals surface area contributed by atoms with E-state index in [0.717, 1.165) is 12.1 Å². The summed E-state index contributed by atoms with van der Waals surface area (Å²) in [6.45, 7) is 1.68. The molecule has 0 unspecified atom stereocenters. The monoisotopic (exact) mass is 270 g/mol. The van der Waals surface area contributed by atoms with Crippen LogP contribution in [0.4, 0.5) is 0 Å². The van der Waals surface area contributed by atoms with Gasteiger partial charge < -0.3 is 15.3 Å². The lowest BCUT2D eigenvalue weighted by molar-refractivity contribution is 0.0974. The molecule has 0 atom stereocenters. The number of benzene rings is 2. The Morgan fingerprint density at radius 2 is 1.25 bits per heavy atom. The van der Waals surface area contributed by atoms with Gasteiger partial charge in [0.1, 0.15) is 17.2 Å². The van der Waals surface area contributed by atoms with E-state index < -0.39 is 17.3 Å². The summed E-state index contributed by atoms with van der Waals surface area (Å²) in [4.78, 5) is 24.7. The molecule has 0 radical (unpaired) electrons. The molecule has 5 nitrogen and oxygen atoms in total. The number of phenols is 3. The topological polar surface area (TPSA) is 94.8 Å². The van der Waals surface area contributed by atoms with Gasteiger partial charge in [-0.15, -0.1) is 0 Å². The first-order chi connectivity index (χ1) is 9.40. The first kappa shape index (κ1) is 12.2. The van der Waals surface area contributed by atoms with Gasteiger partial charge in [0.05, 0.1) is 11.1 Å². The number of aromatic hydroxyl groups is 3. The highest BCUT2D eigenvalue weighted by atomic mass is 16.3. The average molecular weight is 270 g/mol. The smallest absolute Gasteiger partial charge is 0.198 e. The Morgan fingerprint density at radius 3 is 1.85 bits per heavy atom. The molecule has 0 amide bonds. The Labute approximate surface area is 113 Å². The molecule has 0 heterocycles. The molecule has 3 N–H and O–H groups in total. The van der Waals surface area contributed by atoms with Crippen LogP contribution in [0, 0.1) is 6.92 Å². The van der Waals surface area contributed by atoms with E-state index >= 15 is 0 Å². The van der Waals surface area contributed by atoms with E-state index in [4.69, 9.17) is 0 Å². The normalized spacial score (nSPS) is 13.1. The van der Waals surface area contributed by atoms with Crippen molar-refractivity contribution in [3.63, 3.8) is 0 Å². The van der Waals surface area contributed by atoms with E-state index in [1.165, 1.54) is 12.1 Å². The Kier molecular flexibility index (Phi) is 2.34. The van der Waals surface area contributed by atoms with E-state index in [2.05, 4.69) is 0 Å². The van der Waals surface area contributed by atoms with Crippen LogP contribution in [0.25, 0.3) is 0 Å². The molecule has 20 heavy (non-hydrogen) atoms. The minimum Gasteiger partial charge on any atom is -0.508 e. The number of rotatable bonds is 0. The van der Waals surface area contributed by atoms with E-state index in [1.54, 1.807) is 6.92 Å². The molecule has 0 fully saturated rings. The van der Waals surface area contributed by atoms with Crippen molar-refractivity contribution in [2.75, 3.05) is 0 Å². The fourth-order valence-corrected chi connectivity index (χ4v) is 2.48. The van der Waals surface area contributed by atoms with Gasteiger partial charge in [-0.3, -0.25) is 9.59 Å². The number of hydrogen-bond acceptors (Lipinski definition) is 5. The van der Waals surface area contributed by atoms with E-state index in [9.17, 15) is 24.9 Å². The molecule has 3 rings (SSSR count). The maximum absolute atomic E-state index is 12.4. The molecule has 5 heteroatoms. The van der Waals surface area contributed by atoms with Crippen LogP contribution in [-0.2, 0) is 0 Å². The third kappa shape index (κ3) is 1.50. The summed E-state index contributed by atoms with van der Waals surface area (Å²) in [7, 11) is 0. The second-order valence-corrected chi connectivity index (χ2v) is 4.75. The van der Waals surface area contributed by atoms with Crippen LogP contribution >= 0.6 is 0 Å². The standard InChI is InChI=1S/C15H10O5/c1-6-2-8-12(10(17)3-6)15(20)9-4-7(16)5-11(18)13(9)14(8)19/h2-5,16-18H,1H3. The second kappa shape index (κ2) is 3.84. The lowest BCUT2D eigenvalue weighted by Crippen LogP contribution is -2.21. The molecule has 0 aromatic heterocycles. The maximum Gasteiger partial charge on any atom is 0.198 e. The molecule has 0 aliphatic heterocycles. The predicted molar refractivity (Wildman–Crippen MR) is 69.5 cm³/mol. The van der Waals surface area contributed by atoms with Crippen LogP contribution in [0.15, 0.2) is 24.3 Å². The van der Waals surface area contributed by atoms with Gasteiger partial charge >= 0.3 is 0 Å². The van der Waals surface area contributed by atoms with Crippen molar-refractivity contribution in [2.24, 2.45) is 0 Å². The number of hydrogen-bond donors (Lipinski definition) is 3. The van der Waals surface area contributed by atoms with Gasteiger partial charge in [-0.05, 0) is 30.7 Å². The highest BCUT2D eigenvalue weighted by Gasteiger charge is 2.34. The molecule has 2 aromatic rings. The summed E-state index contributed by atoms with van der Waals surface area (Å²) in [5.74, 6) is -2.21. The van der Waals surface area contributed by atoms with Crippen molar-refractivity contribution < 1.29 is 24.9 Å². The summed E-state index contributed by atoms with van der Waals surface area (Å²) in [6, 6.07) is 4.99. The number of aryl methyl sites for hydroxylation is 1. The van der Waals surface area contributed by atoms with E-state index in [0.29, 0.717) is 5.56 Å². The summed E-state index contributed by atoms with van der Waals surface area (Å²) in [5.41, 5.74) is 0.327. The van der Waals surface area contributed by atoms with Gasteiger partial charge in [0, 0.05) is 17.2 Å². The number of carbonyl (C=O) groups excluding carboxylic acids is 2. The molecular formula is C15H10O5. The SMILES string of the molecule is Cc1cc(O)c2c(c1)C(=O)c1c(O)cc(O)cc1C2=O. The van der Waals surface area contributed by atoms with Crippen molar-refractivity contribution in [3.8, 4) is 17.2 Å². The van der Waals surface area contributed by atoms with Crippen LogP contribution in [0.3, 0.4) is 0 Å². The van der Waals surface area contributed by atoms with Crippen molar-refractivity contribution >= 4 is 11.6 Å². The quantitative estimate of drug-likeness (QED) is 0.579. The van der Waals surface area contributed by atoms with Crippen molar-refractivity contribution in [3.05, 3.63) is 52.1 Å². The van der Waals surface area contributed by atoms with Crippen LogP contribution in [0.1, 0.15) is 37.4 Å². The maximum atomic E-state index is 12.4. The van der Waals surface area contributed by atoms with Crippen molar-refractivity contribution in [1.29, 1.82) is 0 Å². The van der Waals surface area contributed by atoms with Gasteiger partial charge in [-0.25, -0.2) is 0 Å². The fraction of sp³-hybridized carbons (Fsp3) is 0.0667. The number of fused-ring (bicyclic) bond motifs is 2. The molecule has 0 spiro atoms.